The Morgan fingerprint density at radius 3 is 2.80 bits per heavy atom. The van der Waals surface area contributed by atoms with Gasteiger partial charge in [0, 0.05) is 31.0 Å². The van der Waals surface area contributed by atoms with Crippen LogP contribution in [0.25, 0.3) is 0 Å². The van der Waals surface area contributed by atoms with E-state index in [1.54, 1.807) is 6.08 Å². The molecule has 0 saturated heterocycles. The maximum atomic E-state index is 5.64. The van der Waals surface area contributed by atoms with Crippen LogP contribution < -0.4 is 10.1 Å². The van der Waals surface area contributed by atoms with Crippen molar-refractivity contribution in [2.24, 2.45) is 0 Å². The number of para-hydroxylation sites is 1. The lowest BCUT2D eigenvalue weighted by molar-refractivity contribution is 0.358. The molecule has 0 spiro atoms. The molecule has 20 heavy (non-hydrogen) atoms. The minimum atomic E-state index is 0.528. The van der Waals surface area contributed by atoms with Crippen molar-refractivity contribution >= 4 is 0 Å². The zero-order valence-corrected chi connectivity index (χ0v) is 11.8. The summed E-state index contributed by atoms with van der Waals surface area (Å²) in [6.45, 7) is 7.87. The SMILES string of the molecule is C=CCOc1ccccc1CNCc1ccncc1C. The molecule has 0 bridgehead atoms. The fraction of sp³-hybridized carbons (Fsp3) is 0.235. The standard InChI is InChI=1S/C17H20N2O/c1-3-10-20-17-7-5-4-6-16(17)13-19-12-15-8-9-18-11-14(15)2/h3-9,11,19H,1,10,12-13H2,2H3. The monoisotopic (exact) mass is 268 g/mol. The second-order valence-corrected chi connectivity index (χ2v) is 4.61. The average Bonchev–Trinajstić information content (AvgIpc) is 2.48. The van der Waals surface area contributed by atoms with E-state index in [-0.39, 0.29) is 0 Å². The van der Waals surface area contributed by atoms with Gasteiger partial charge in [0.1, 0.15) is 12.4 Å². The Morgan fingerprint density at radius 1 is 1.20 bits per heavy atom. The van der Waals surface area contributed by atoms with Gasteiger partial charge in [0.15, 0.2) is 0 Å². The van der Waals surface area contributed by atoms with Crippen LogP contribution in [-0.4, -0.2) is 11.6 Å². The topological polar surface area (TPSA) is 34.1 Å². The average molecular weight is 268 g/mol. The van der Waals surface area contributed by atoms with Crippen LogP contribution in [0.2, 0.25) is 0 Å². The first-order chi connectivity index (χ1) is 9.81. The van der Waals surface area contributed by atoms with Crippen LogP contribution in [0.5, 0.6) is 5.75 Å². The molecule has 3 nitrogen and oxygen atoms in total. The summed E-state index contributed by atoms with van der Waals surface area (Å²) in [7, 11) is 0. The molecule has 2 rings (SSSR count). The summed E-state index contributed by atoms with van der Waals surface area (Å²) in [6, 6.07) is 10.1. The van der Waals surface area contributed by atoms with E-state index < -0.39 is 0 Å². The third kappa shape index (κ3) is 3.93. The van der Waals surface area contributed by atoms with Crippen molar-refractivity contribution in [3.63, 3.8) is 0 Å². The molecule has 0 amide bonds. The lowest BCUT2D eigenvalue weighted by atomic mass is 10.1. The van der Waals surface area contributed by atoms with Crippen LogP contribution in [-0.2, 0) is 13.1 Å². The van der Waals surface area contributed by atoms with Gasteiger partial charge in [-0.2, -0.15) is 0 Å². The number of nitrogens with zero attached hydrogens (tertiary/aromatic N) is 1. The van der Waals surface area contributed by atoms with E-state index in [1.807, 2.05) is 36.7 Å². The number of aryl methyl sites for hydroxylation is 1. The summed E-state index contributed by atoms with van der Waals surface area (Å²) >= 11 is 0. The predicted molar refractivity (Wildman–Crippen MR) is 81.7 cm³/mol. The summed E-state index contributed by atoms with van der Waals surface area (Å²) in [6.07, 6.45) is 5.47. The predicted octanol–water partition coefficient (Wildman–Crippen LogP) is 3.24. The van der Waals surface area contributed by atoms with Gasteiger partial charge in [0.25, 0.3) is 0 Å². The number of ether oxygens (including phenoxy) is 1. The lowest BCUT2D eigenvalue weighted by Gasteiger charge is -2.11. The fourth-order valence-electron chi connectivity index (χ4n) is 1.97. The van der Waals surface area contributed by atoms with Crippen LogP contribution >= 0.6 is 0 Å². The highest BCUT2D eigenvalue weighted by atomic mass is 16.5. The third-order valence-corrected chi connectivity index (χ3v) is 3.10. The summed E-state index contributed by atoms with van der Waals surface area (Å²) in [5.41, 5.74) is 3.63. The molecule has 0 atom stereocenters. The van der Waals surface area contributed by atoms with Gasteiger partial charge in [-0.3, -0.25) is 4.98 Å². The number of aromatic nitrogens is 1. The van der Waals surface area contributed by atoms with E-state index in [2.05, 4.69) is 29.9 Å². The first-order valence-corrected chi connectivity index (χ1v) is 6.73. The number of nitrogens with one attached hydrogen (secondary N) is 1. The number of benzene rings is 1. The van der Waals surface area contributed by atoms with Crippen LogP contribution in [0.1, 0.15) is 16.7 Å². The van der Waals surface area contributed by atoms with E-state index in [0.717, 1.165) is 24.4 Å². The second kappa shape index (κ2) is 7.46. The largest absolute Gasteiger partial charge is 0.489 e. The molecule has 1 aromatic heterocycles. The molecule has 0 fully saturated rings. The summed E-state index contributed by atoms with van der Waals surface area (Å²) < 4.78 is 5.64. The molecular weight excluding hydrogens is 248 g/mol. The molecule has 104 valence electrons. The Morgan fingerprint density at radius 2 is 2.00 bits per heavy atom. The molecule has 2 aromatic rings. The van der Waals surface area contributed by atoms with Gasteiger partial charge in [-0.15, -0.1) is 0 Å². The van der Waals surface area contributed by atoms with Gasteiger partial charge in [0.05, 0.1) is 0 Å². The van der Waals surface area contributed by atoms with Gasteiger partial charge in [0.2, 0.25) is 0 Å². The quantitative estimate of drug-likeness (QED) is 0.783. The van der Waals surface area contributed by atoms with Crippen LogP contribution in [0.15, 0.2) is 55.4 Å². The first kappa shape index (κ1) is 14.3. The maximum absolute atomic E-state index is 5.64. The molecular formula is C17H20N2O. The fourth-order valence-corrected chi connectivity index (χ4v) is 1.97. The molecule has 0 saturated carbocycles. The van der Waals surface area contributed by atoms with Crippen LogP contribution in [0.3, 0.4) is 0 Å². The molecule has 0 aliphatic heterocycles. The van der Waals surface area contributed by atoms with E-state index in [4.69, 9.17) is 4.74 Å². The van der Waals surface area contributed by atoms with Gasteiger partial charge >= 0.3 is 0 Å². The summed E-state index contributed by atoms with van der Waals surface area (Å²) in [4.78, 5) is 4.10. The highest BCUT2D eigenvalue weighted by Crippen LogP contribution is 2.18. The van der Waals surface area contributed by atoms with Crippen LogP contribution in [0.4, 0.5) is 0 Å². The third-order valence-electron chi connectivity index (χ3n) is 3.10. The van der Waals surface area contributed by atoms with E-state index in [9.17, 15) is 0 Å². The minimum Gasteiger partial charge on any atom is -0.489 e. The molecule has 0 unspecified atom stereocenters. The summed E-state index contributed by atoms with van der Waals surface area (Å²) in [5, 5.41) is 3.44. The Balaban J connectivity index is 1.94. The Hall–Kier alpha value is -2.13. The van der Waals surface area contributed by atoms with Gasteiger partial charge in [-0.25, -0.2) is 0 Å². The normalized spacial score (nSPS) is 10.2. The van der Waals surface area contributed by atoms with Gasteiger partial charge < -0.3 is 10.1 Å². The van der Waals surface area contributed by atoms with Gasteiger partial charge in [-0.05, 0) is 30.2 Å². The zero-order valence-electron chi connectivity index (χ0n) is 11.8. The van der Waals surface area contributed by atoms with E-state index >= 15 is 0 Å². The Labute approximate surface area is 120 Å². The van der Waals surface area contributed by atoms with E-state index in [1.165, 1.54) is 11.1 Å². The highest BCUT2D eigenvalue weighted by molar-refractivity contribution is 5.33. The second-order valence-electron chi connectivity index (χ2n) is 4.61. The zero-order chi connectivity index (χ0) is 14.2. The molecule has 1 aromatic carbocycles. The smallest absolute Gasteiger partial charge is 0.124 e. The number of hydrogen-bond acceptors (Lipinski definition) is 3. The summed E-state index contributed by atoms with van der Waals surface area (Å²) in [5.74, 6) is 0.909. The van der Waals surface area contributed by atoms with Crippen molar-refractivity contribution in [3.8, 4) is 5.75 Å². The van der Waals surface area contributed by atoms with Crippen LogP contribution in [0, 0.1) is 6.92 Å². The molecule has 0 aliphatic rings. The molecule has 3 heteroatoms. The Bertz CT molecular complexity index is 566. The molecule has 1 heterocycles. The molecule has 0 aliphatic carbocycles. The van der Waals surface area contributed by atoms with Crippen molar-refractivity contribution in [3.05, 3.63) is 72.1 Å². The van der Waals surface area contributed by atoms with Crippen molar-refractivity contribution in [2.75, 3.05) is 6.61 Å². The first-order valence-electron chi connectivity index (χ1n) is 6.73. The van der Waals surface area contributed by atoms with Crippen molar-refractivity contribution < 1.29 is 4.74 Å². The van der Waals surface area contributed by atoms with Crippen molar-refractivity contribution in [2.45, 2.75) is 20.0 Å². The van der Waals surface area contributed by atoms with E-state index in [0.29, 0.717) is 6.61 Å². The van der Waals surface area contributed by atoms with Crippen molar-refractivity contribution in [1.82, 2.24) is 10.3 Å². The molecule has 1 N–H and O–H groups in total. The highest BCUT2D eigenvalue weighted by Gasteiger charge is 2.03. The van der Waals surface area contributed by atoms with Crippen molar-refractivity contribution in [1.29, 1.82) is 0 Å². The number of hydrogen-bond donors (Lipinski definition) is 1. The minimum absolute atomic E-state index is 0.528. The maximum Gasteiger partial charge on any atom is 0.124 e. The number of pyridine rings is 1. The number of rotatable bonds is 7. The van der Waals surface area contributed by atoms with Gasteiger partial charge in [-0.1, -0.05) is 30.9 Å². The Kier molecular flexibility index (Phi) is 5.33. The lowest BCUT2D eigenvalue weighted by Crippen LogP contribution is -2.14. The molecule has 0 radical (unpaired) electrons.